The van der Waals surface area contributed by atoms with Crippen LogP contribution in [0.5, 0.6) is 11.5 Å². The Labute approximate surface area is 529 Å². The largest absolute Gasteiger partial charge is 0.505 e. The number of hydrogen-bond donors (Lipinski definition) is 11. The van der Waals surface area contributed by atoms with Crippen molar-refractivity contribution in [1.82, 2.24) is 0 Å². The molecule has 0 fully saturated rings. The minimum absolute atomic E-state index is 0.0779. The van der Waals surface area contributed by atoms with Crippen LogP contribution in [0.2, 0.25) is 0 Å². The van der Waals surface area contributed by atoms with E-state index in [1.807, 2.05) is 0 Å². The van der Waals surface area contributed by atoms with Crippen molar-refractivity contribution in [2.75, 3.05) is 28.5 Å². The van der Waals surface area contributed by atoms with Gasteiger partial charge < -0.3 is 21.7 Å². The van der Waals surface area contributed by atoms with Gasteiger partial charge in [-0.15, -0.1) is 34.2 Å². The van der Waals surface area contributed by atoms with Gasteiger partial charge in [0.2, 0.25) is 0 Å². The molecule has 0 saturated carbocycles. The number of nitrogens with one attached hydrogen (secondary N) is 1. The third kappa shape index (κ3) is 16.6. The van der Waals surface area contributed by atoms with E-state index in [1.165, 1.54) is 36.4 Å². The number of fused-ring (bicyclic) bond motifs is 2. The molecule has 0 unspecified atom stereocenters. The van der Waals surface area contributed by atoms with Crippen LogP contribution in [-0.2, 0) is 83.5 Å². The van der Waals surface area contributed by atoms with E-state index in [1.54, 1.807) is 0 Å². The number of hydrogen-bond acceptors (Lipinski definition) is 35. The fourth-order valence-electron chi connectivity index (χ4n) is 7.96. The Morgan fingerprint density at radius 3 is 1.55 bits per heavy atom. The lowest BCUT2D eigenvalue weighted by Gasteiger charge is -2.14. The van der Waals surface area contributed by atoms with E-state index in [-0.39, 0.29) is 66.7 Å². The fourth-order valence-corrected chi connectivity index (χ4v) is 13.6. The molecule has 0 aliphatic rings. The van der Waals surface area contributed by atoms with Crippen LogP contribution in [-0.4, -0.2) is 107 Å². The molecule has 0 aliphatic heterocycles. The van der Waals surface area contributed by atoms with Gasteiger partial charge in [0.15, 0.2) is 21.3 Å². The number of phenolic OH excluding ortho intramolecular Hbond substituents is 2. The smallest absolute Gasteiger partial charge is 0.397 e. The second kappa shape index (κ2) is 27.7. The molecule has 39 nitrogen and oxygen atoms in total. The molecule has 490 valence electrons. The fraction of sp³-hybridized carbons (Fsp3) is 0.0435. The van der Waals surface area contributed by atoms with Gasteiger partial charge in [-0.1, -0.05) is 10.1 Å². The first-order valence-electron chi connectivity index (χ1n) is 24.1. The monoisotopic (exact) mass is 1440 g/mol. The molecular formula is C46H36N12O27S8. The molecule has 0 bridgehead atoms. The van der Waals surface area contributed by atoms with Crippen molar-refractivity contribution >= 4 is 174 Å². The molecule has 8 rings (SSSR count). The maximum absolute atomic E-state index is 13.6. The summed E-state index contributed by atoms with van der Waals surface area (Å²) in [5, 5.41) is 88.6. The van der Waals surface area contributed by atoms with E-state index >= 15 is 0 Å². The topological polar surface area (TPSA) is 619 Å². The van der Waals surface area contributed by atoms with Crippen LogP contribution in [0.15, 0.2) is 190 Å². The summed E-state index contributed by atoms with van der Waals surface area (Å²) in [7, 11) is -30.1. The predicted octanol–water partition coefficient (Wildman–Crippen LogP) is 10.1. The molecule has 13 N–H and O–H groups in total. The summed E-state index contributed by atoms with van der Waals surface area (Å²) >= 11 is 0.397. The standard InChI is InChI=1S/C46H36N12O27S8/c47-40-32(53-52-31-14-13-29(19-36(31)91(72,73)74)88(65,66)16-15-81-93(78,79)80)21-35(90(69,70)71)30-20-34(87-85-83-64)43(46(60)39(30)40)55-50-23-1-3-26(4-2-23)57-89(67,68)28-11-7-25(8-12-28)51-56-44-37(92(75,76)77)18-22-17-33(86-84-82-63)42(41(48)38(22)45(44)59)54-49-24-5-9-27(10-6-24)58(61)62/h1-14,17-21,57,59-60,63-64H,15-16,47-48H2,(H,69,70,71)(H,72,73,74)(H,75,76,77)(H,78,79,80). The summed E-state index contributed by atoms with van der Waals surface area (Å²) in [6, 6.07) is 19.2. The summed E-state index contributed by atoms with van der Waals surface area (Å²) in [6.45, 7) is -1.12. The molecule has 47 heteroatoms. The molecular weight excluding hydrogens is 1410 g/mol. The summed E-state index contributed by atoms with van der Waals surface area (Å²) < 4.78 is 205. The molecule has 0 atom stereocenters. The lowest BCUT2D eigenvalue weighted by Crippen LogP contribution is -2.16. The van der Waals surface area contributed by atoms with Gasteiger partial charge in [-0.3, -0.25) is 33.0 Å². The van der Waals surface area contributed by atoms with Gasteiger partial charge in [-0.25, -0.2) is 31.5 Å². The second-order valence-corrected chi connectivity index (χ2v) is 28.4. The quantitative estimate of drug-likeness (QED) is 0.00456. The zero-order valence-electron chi connectivity index (χ0n) is 45.2. The Hall–Kier alpha value is -8.96. The molecule has 8 aromatic carbocycles. The number of rotatable bonds is 26. The Bertz CT molecular complexity index is 5170. The normalized spacial score (nSPS) is 13.0. The highest BCUT2D eigenvalue weighted by Gasteiger charge is 2.29. The Balaban J connectivity index is 1.05. The number of azo groups is 4. The predicted molar refractivity (Wildman–Crippen MR) is 320 cm³/mol. The van der Waals surface area contributed by atoms with Crippen molar-refractivity contribution in [3.63, 3.8) is 0 Å². The van der Waals surface area contributed by atoms with Crippen molar-refractivity contribution in [3.05, 3.63) is 125 Å². The Morgan fingerprint density at radius 1 is 0.516 bits per heavy atom. The third-order valence-corrected chi connectivity index (χ3v) is 19.5. The first kappa shape index (κ1) is 69.9. The van der Waals surface area contributed by atoms with E-state index < -0.39 is 159 Å². The number of non-ortho nitro benzene ring substituents is 1. The van der Waals surface area contributed by atoms with Gasteiger partial charge in [0.1, 0.15) is 43.1 Å². The maximum Gasteiger partial charge on any atom is 0.397 e. The van der Waals surface area contributed by atoms with Crippen LogP contribution in [0.4, 0.5) is 68.2 Å². The maximum atomic E-state index is 13.6. The molecule has 0 saturated heterocycles. The molecule has 0 heterocycles. The number of nitro benzene ring substituents is 1. The number of aromatic hydroxyl groups is 2. The number of phenols is 2. The molecule has 0 aromatic heterocycles. The zero-order valence-corrected chi connectivity index (χ0v) is 51.7. The van der Waals surface area contributed by atoms with E-state index in [9.17, 15) is 84.5 Å². The number of sulfone groups is 1. The van der Waals surface area contributed by atoms with Gasteiger partial charge in [0, 0.05) is 23.2 Å². The molecule has 0 amide bonds. The van der Waals surface area contributed by atoms with Gasteiger partial charge in [-0.2, -0.15) is 49.0 Å². The molecule has 0 aliphatic carbocycles. The highest BCUT2D eigenvalue weighted by Crippen LogP contribution is 2.52. The van der Waals surface area contributed by atoms with Crippen LogP contribution in [0.25, 0.3) is 21.5 Å². The summed E-state index contributed by atoms with van der Waals surface area (Å²) in [5.74, 6) is -3.15. The number of benzene rings is 8. The van der Waals surface area contributed by atoms with Crippen molar-refractivity contribution < 1.29 is 117 Å². The number of nitrogens with two attached hydrogens (primary N) is 2. The van der Waals surface area contributed by atoms with Crippen molar-refractivity contribution in [1.29, 1.82) is 0 Å². The molecule has 8 aromatic rings. The Kier molecular flexibility index (Phi) is 20.8. The highest BCUT2D eigenvalue weighted by molar-refractivity contribution is 7.95. The van der Waals surface area contributed by atoms with Gasteiger partial charge in [0.25, 0.3) is 46.1 Å². The summed E-state index contributed by atoms with van der Waals surface area (Å²) in [5.41, 5.74) is 7.84. The van der Waals surface area contributed by atoms with Crippen molar-refractivity contribution in [3.8, 4) is 11.5 Å². The summed E-state index contributed by atoms with van der Waals surface area (Å²) in [6.07, 6.45) is 0. The number of nitrogens with zero attached hydrogens (tertiary/aromatic N) is 9. The molecule has 0 radical (unpaired) electrons. The van der Waals surface area contributed by atoms with Gasteiger partial charge in [-0.05, 0) is 109 Å². The number of anilines is 3. The molecule has 0 spiro atoms. The van der Waals surface area contributed by atoms with E-state index in [0.717, 1.165) is 60.7 Å². The average molecular weight is 1450 g/mol. The minimum Gasteiger partial charge on any atom is -0.505 e. The molecule has 93 heavy (non-hydrogen) atoms. The first-order chi connectivity index (χ1) is 43.5. The summed E-state index contributed by atoms with van der Waals surface area (Å²) in [4.78, 5) is 5.44. The van der Waals surface area contributed by atoms with E-state index in [2.05, 4.69) is 68.6 Å². The van der Waals surface area contributed by atoms with Crippen LogP contribution < -0.4 is 16.2 Å². The Morgan fingerprint density at radius 2 is 1.01 bits per heavy atom. The number of sulfonamides is 1. The van der Waals surface area contributed by atoms with Crippen molar-refractivity contribution in [2.45, 2.75) is 34.3 Å². The average Bonchev–Trinajstić information content (AvgIpc) is 0.756. The second-order valence-electron chi connectivity index (χ2n) is 17.9. The lowest BCUT2D eigenvalue weighted by molar-refractivity contribution is -0.432. The third-order valence-electron chi connectivity index (χ3n) is 12.0. The van der Waals surface area contributed by atoms with Crippen molar-refractivity contribution in [2.24, 2.45) is 40.9 Å². The van der Waals surface area contributed by atoms with Crippen LogP contribution in [0.1, 0.15) is 0 Å². The van der Waals surface area contributed by atoms with Crippen LogP contribution >= 0.6 is 24.1 Å². The number of nitrogen functional groups attached to an aromatic ring is 2. The zero-order chi connectivity index (χ0) is 68.2. The number of nitro groups is 1. The van der Waals surface area contributed by atoms with Gasteiger partial charge in [0.05, 0.1) is 100 Å². The lowest BCUT2D eigenvalue weighted by atomic mass is 10.0. The van der Waals surface area contributed by atoms with E-state index in [0.29, 0.717) is 30.2 Å². The van der Waals surface area contributed by atoms with Crippen LogP contribution in [0, 0.1) is 10.1 Å². The van der Waals surface area contributed by atoms with E-state index in [4.69, 9.17) is 26.5 Å². The van der Waals surface area contributed by atoms with Gasteiger partial charge >= 0.3 is 10.4 Å². The SMILES string of the molecule is Nc1c(N=Nc2ccc([N+](=O)[O-])cc2)c(SOOO)cc2cc(S(=O)(=O)O)c(N=Nc3ccc(S(=O)(=O)Nc4ccc(N=Nc5c(SOOO)cc6c(S(=O)(=O)O)cc(N=Nc7ccc(S(=O)(=O)CCOS(=O)(=O)O)cc7S(=O)(=O)O)c(N)c6c5O)cc4)cc3)c(O)c12. The minimum atomic E-state index is -5.38. The highest BCUT2D eigenvalue weighted by atomic mass is 32.3. The van der Waals surface area contributed by atoms with Crippen LogP contribution in [0.3, 0.4) is 0 Å². The first-order valence-corrected chi connectivity index (χ1v) is 34.4.